The van der Waals surface area contributed by atoms with E-state index in [-0.39, 0.29) is 13.0 Å². The minimum absolute atomic E-state index is 0.0784. The summed E-state index contributed by atoms with van der Waals surface area (Å²) in [4.78, 5) is 49.8. The van der Waals surface area contributed by atoms with E-state index in [1.165, 1.54) is 25.7 Å². The molecule has 5 atom stereocenters. The van der Waals surface area contributed by atoms with Crippen LogP contribution in [-0.2, 0) is 28.6 Å². The van der Waals surface area contributed by atoms with Crippen LogP contribution in [0.15, 0.2) is 35.2 Å². The second-order valence-corrected chi connectivity index (χ2v) is 8.57. The SMILES string of the molecule is CC(=O)OC[C@H]1O[C@@H](N2C(=O)NC(=O)[C@@](C)(O)[C@@H]2Sc2ccccc2)C[C@@H]1OC(C)=O. The third kappa shape index (κ3) is 5.17. The van der Waals surface area contributed by atoms with Crippen molar-refractivity contribution in [3.63, 3.8) is 0 Å². The Balaban J connectivity index is 1.88. The standard InChI is InChI=1S/C20H24N2O8S/c1-11(23)28-10-15-14(29-12(2)24)9-16(30-15)22-18(31-13-7-5-4-6-8-13)20(3,27)17(25)21-19(22)26/h4-8,14-16,18,27H,9-10H2,1-3H3,(H,21,25,26)/t14-,15+,16+,18-,20+/m0/s1. The average molecular weight is 452 g/mol. The first kappa shape index (κ1) is 23.0. The van der Waals surface area contributed by atoms with Crippen molar-refractivity contribution in [2.45, 2.75) is 61.5 Å². The third-order valence-electron chi connectivity index (χ3n) is 4.90. The van der Waals surface area contributed by atoms with Gasteiger partial charge in [-0.1, -0.05) is 30.0 Å². The van der Waals surface area contributed by atoms with Gasteiger partial charge in [-0.05, 0) is 19.1 Å². The second-order valence-electron chi connectivity index (χ2n) is 7.41. The molecule has 1 aromatic carbocycles. The van der Waals surface area contributed by atoms with Crippen LogP contribution in [0.3, 0.4) is 0 Å². The lowest BCUT2D eigenvalue weighted by Gasteiger charge is -2.45. The van der Waals surface area contributed by atoms with Gasteiger partial charge in [-0.3, -0.25) is 24.6 Å². The molecular formula is C20H24N2O8S. The molecule has 0 radical (unpaired) electrons. The monoisotopic (exact) mass is 452 g/mol. The van der Waals surface area contributed by atoms with Crippen LogP contribution in [0.1, 0.15) is 27.2 Å². The summed E-state index contributed by atoms with van der Waals surface area (Å²) < 4.78 is 16.2. The quantitative estimate of drug-likeness (QED) is 0.607. The van der Waals surface area contributed by atoms with Crippen molar-refractivity contribution in [2.24, 2.45) is 0 Å². The summed E-state index contributed by atoms with van der Waals surface area (Å²) in [6.07, 6.45) is -2.45. The van der Waals surface area contributed by atoms with E-state index < -0.39 is 53.3 Å². The van der Waals surface area contributed by atoms with Crippen molar-refractivity contribution in [3.05, 3.63) is 30.3 Å². The smallest absolute Gasteiger partial charge is 0.327 e. The number of imide groups is 1. The van der Waals surface area contributed by atoms with E-state index in [0.717, 1.165) is 16.7 Å². The van der Waals surface area contributed by atoms with Crippen LogP contribution in [0.4, 0.5) is 4.79 Å². The summed E-state index contributed by atoms with van der Waals surface area (Å²) in [6, 6.07) is 8.24. The lowest BCUT2D eigenvalue weighted by molar-refractivity contribution is -0.159. The third-order valence-corrected chi connectivity index (χ3v) is 6.35. The molecule has 10 nitrogen and oxygen atoms in total. The fraction of sp³-hybridized carbons (Fsp3) is 0.500. The highest BCUT2D eigenvalue weighted by Gasteiger charge is 2.55. The predicted molar refractivity (Wildman–Crippen MR) is 108 cm³/mol. The Hall–Kier alpha value is -2.63. The zero-order valence-corrected chi connectivity index (χ0v) is 18.1. The molecular weight excluding hydrogens is 428 g/mol. The van der Waals surface area contributed by atoms with Crippen molar-refractivity contribution < 1.29 is 38.5 Å². The van der Waals surface area contributed by atoms with E-state index in [9.17, 15) is 24.3 Å². The normalized spacial score (nSPS) is 30.6. The molecule has 0 bridgehead atoms. The first-order chi connectivity index (χ1) is 14.6. The number of aliphatic hydroxyl groups is 1. The Morgan fingerprint density at radius 2 is 1.94 bits per heavy atom. The summed E-state index contributed by atoms with van der Waals surface area (Å²) in [5, 5.41) is 12.1. The molecule has 0 saturated carbocycles. The number of rotatable bonds is 6. The Morgan fingerprint density at radius 1 is 1.26 bits per heavy atom. The first-order valence-electron chi connectivity index (χ1n) is 9.63. The molecule has 2 aliphatic heterocycles. The van der Waals surface area contributed by atoms with E-state index >= 15 is 0 Å². The van der Waals surface area contributed by atoms with E-state index in [2.05, 4.69) is 5.32 Å². The largest absolute Gasteiger partial charge is 0.463 e. The molecule has 0 aliphatic carbocycles. The maximum Gasteiger partial charge on any atom is 0.327 e. The van der Waals surface area contributed by atoms with Crippen LogP contribution < -0.4 is 5.32 Å². The van der Waals surface area contributed by atoms with Gasteiger partial charge in [0.1, 0.15) is 30.4 Å². The fourth-order valence-electron chi connectivity index (χ4n) is 3.42. The lowest BCUT2D eigenvalue weighted by atomic mass is 10.0. The molecule has 3 rings (SSSR count). The highest BCUT2D eigenvalue weighted by Crippen LogP contribution is 2.39. The minimum atomic E-state index is -1.93. The minimum Gasteiger partial charge on any atom is -0.463 e. The van der Waals surface area contributed by atoms with Crippen molar-refractivity contribution in [2.75, 3.05) is 6.61 Å². The topological polar surface area (TPSA) is 131 Å². The average Bonchev–Trinajstić information content (AvgIpc) is 3.07. The fourth-order valence-corrected chi connectivity index (χ4v) is 4.67. The number of urea groups is 1. The molecule has 1 aromatic rings. The van der Waals surface area contributed by atoms with Gasteiger partial charge in [0.25, 0.3) is 5.91 Å². The number of carbonyl (C=O) groups excluding carboxylic acids is 4. The van der Waals surface area contributed by atoms with Crippen LogP contribution >= 0.6 is 11.8 Å². The summed E-state index contributed by atoms with van der Waals surface area (Å²) >= 11 is 1.13. The van der Waals surface area contributed by atoms with Crippen LogP contribution in [0.5, 0.6) is 0 Å². The van der Waals surface area contributed by atoms with E-state index in [0.29, 0.717) is 0 Å². The molecule has 0 aromatic heterocycles. The van der Waals surface area contributed by atoms with Gasteiger partial charge in [0.15, 0.2) is 5.60 Å². The number of carbonyl (C=O) groups is 4. The number of thioether (sulfide) groups is 1. The highest BCUT2D eigenvalue weighted by molar-refractivity contribution is 8.00. The van der Waals surface area contributed by atoms with Gasteiger partial charge < -0.3 is 19.3 Å². The van der Waals surface area contributed by atoms with Crippen LogP contribution in [0.2, 0.25) is 0 Å². The molecule has 3 amide bonds. The Kier molecular flexibility index (Phi) is 6.87. The molecule has 2 fully saturated rings. The van der Waals surface area contributed by atoms with Crippen molar-refractivity contribution in [3.8, 4) is 0 Å². The van der Waals surface area contributed by atoms with Crippen molar-refractivity contribution in [1.29, 1.82) is 0 Å². The molecule has 31 heavy (non-hydrogen) atoms. The number of esters is 2. The highest BCUT2D eigenvalue weighted by atomic mass is 32.2. The van der Waals surface area contributed by atoms with Gasteiger partial charge in [0.2, 0.25) is 0 Å². The summed E-state index contributed by atoms with van der Waals surface area (Å²) in [5.74, 6) is -1.91. The van der Waals surface area contributed by atoms with Gasteiger partial charge in [0, 0.05) is 25.2 Å². The first-order valence-corrected chi connectivity index (χ1v) is 10.5. The summed E-state index contributed by atoms with van der Waals surface area (Å²) in [6.45, 7) is 3.62. The van der Waals surface area contributed by atoms with Gasteiger partial charge in [-0.25, -0.2) is 4.79 Å². The number of nitrogens with one attached hydrogen (secondary N) is 1. The Bertz CT molecular complexity index is 862. The van der Waals surface area contributed by atoms with E-state index in [4.69, 9.17) is 14.2 Å². The van der Waals surface area contributed by atoms with Crippen LogP contribution in [0.25, 0.3) is 0 Å². The maximum absolute atomic E-state index is 12.8. The van der Waals surface area contributed by atoms with Gasteiger partial charge in [0.05, 0.1) is 0 Å². The Morgan fingerprint density at radius 3 is 2.55 bits per heavy atom. The maximum atomic E-state index is 12.8. The van der Waals surface area contributed by atoms with Gasteiger partial charge in [-0.15, -0.1) is 0 Å². The van der Waals surface area contributed by atoms with E-state index in [1.54, 1.807) is 24.3 Å². The number of amides is 3. The van der Waals surface area contributed by atoms with Crippen LogP contribution in [0, 0.1) is 0 Å². The molecule has 2 heterocycles. The molecule has 11 heteroatoms. The number of nitrogens with zero attached hydrogens (tertiary/aromatic N) is 1. The molecule has 0 spiro atoms. The number of ether oxygens (including phenoxy) is 3. The molecule has 0 unspecified atom stereocenters. The van der Waals surface area contributed by atoms with Gasteiger partial charge >= 0.3 is 18.0 Å². The summed E-state index contributed by atoms with van der Waals surface area (Å²) in [7, 11) is 0. The van der Waals surface area contributed by atoms with Crippen LogP contribution in [-0.4, -0.2) is 69.9 Å². The number of hydrogen-bond acceptors (Lipinski definition) is 9. The zero-order valence-electron chi connectivity index (χ0n) is 17.3. The molecule has 168 valence electrons. The molecule has 2 N–H and O–H groups in total. The second kappa shape index (κ2) is 9.25. The molecule has 2 saturated heterocycles. The predicted octanol–water partition coefficient (Wildman–Crippen LogP) is 1.02. The van der Waals surface area contributed by atoms with E-state index in [1.807, 2.05) is 6.07 Å². The van der Waals surface area contributed by atoms with Crippen molar-refractivity contribution in [1.82, 2.24) is 10.2 Å². The summed E-state index contributed by atoms with van der Waals surface area (Å²) in [5.41, 5.74) is -1.93. The molecule has 2 aliphatic rings. The zero-order chi connectivity index (χ0) is 22.8. The lowest BCUT2D eigenvalue weighted by Crippen LogP contribution is -2.69. The number of benzene rings is 1. The Labute approximate surface area is 183 Å². The van der Waals surface area contributed by atoms with Crippen molar-refractivity contribution >= 4 is 35.6 Å². The van der Waals surface area contributed by atoms with Gasteiger partial charge in [-0.2, -0.15) is 0 Å². The number of hydrogen-bond donors (Lipinski definition) is 2.